The fourth-order valence-electron chi connectivity index (χ4n) is 2.16. The molecule has 0 aliphatic carbocycles. The predicted octanol–water partition coefficient (Wildman–Crippen LogP) is 2.13. The highest BCUT2D eigenvalue weighted by Gasteiger charge is 2.13. The monoisotopic (exact) mass is 345 g/mol. The molecule has 5 nitrogen and oxygen atoms in total. The summed E-state index contributed by atoms with van der Waals surface area (Å²) in [7, 11) is -1.62. The van der Waals surface area contributed by atoms with E-state index in [1.165, 1.54) is 5.56 Å². The van der Waals surface area contributed by atoms with Gasteiger partial charge in [-0.3, -0.25) is 4.99 Å². The minimum absolute atomic E-state index is 0.0161. The molecule has 0 bridgehead atoms. The van der Waals surface area contributed by atoms with E-state index in [-0.39, 0.29) is 5.75 Å². The first-order chi connectivity index (χ1) is 11.5. The molecule has 0 amide bonds. The van der Waals surface area contributed by atoms with Gasteiger partial charge in [0, 0.05) is 20.1 Å². The Bertz CT molecular complexity index is 770. The highest BCUT2D eigenvalue weighted by atomic mass is 32.2. The van der Waals surface area contributed by atoms with Crippen molar-refractivity contribution >= 4 is 15.8 Å². The van der Waals surface area contributed by atoms with Crippen molar-refractivity contribution in [3.8, 4) is 0 Å². The molecule has 128 valence electrons. The third-order valence-electron chi connectivity index (χ3n) is 3.57. The molecule has 0 radical (unpaired) electrons. The van der Waals surface area contributed by atoms with Crippen molar-refractivity contribution in [2.45, 2.75) is 18.4 Å². The zero-order valence-electron chi connectivity index (χ0n) is 14.0. The van der Waals surface area contributed by atoms with Gasteiger partial charge in [-0.1, -0.05) is 48.0 Å². The molecular weight excluding hydrogens is 322 g/mol. The number of hydrogen-bond donors (Lipinski definition) is 2. The summed E-state index contributed by atoms with van der Waals surface area (Å²) in [5, 5.41) is 6.21. The molecule has 0 saturated carbocycles. The highest BCUT2D eigenvalue weighted by molar-refractivity contribution is 7.91. The largest absolute Gasteiger partial charge is 0.355 e. The second kappa shape index (κ2) is 8.49. The zero-order chi connectivity index (χ0) is 17.4. The first-order valence-electron chi connectivity index (χ1n) is 7.79. The van der Waals surface area contributed by atoms with Gasteiger partial charge in [-0.15, -0.1) is 0 Å². The molecular formula is C18H23N3O2S. The molecule has 0 heterocycles. The average Bonchev–Trinajstić information content (AvgIpc) is 2.60. The van der Waals surface area contributed by atoms with Crippen molar-refractivity contribution < 1.29 is 8.42 Å². The van der Waals surface area contributed by atoms with Gasteiger partial charge in [0.1, 0.15) is 0 Å². The van der Waals surface area contributed by atoms with Crippen molar-refractivity contribution in [1.82, 2.24) is 10.6 Å². The van der Waals surface area contributed by atoms with Crippen molar-refractivity contribution in [3.05, 3.63) is 65.7 Å². The van der Waals surface area contributed by atoms with Crippen LogP contribution in [0, 0.1) is 6.92 Å². The average molecular weight is 345 g/mol. The highest BCUT2D eigenvalue weighted by Crippen LogP contribution is 2.09. The van der Waals surface area contributed by atoms with Crippen LogP contribution in [0.5, 0.6) is 0 Å². The molecule has 24 heavy (non-hydrogen) atoms. The fraction of sp³-hybridized carbons (Fsp3) is 0.278. The van der Waals surface area contributed by atoms with Gasteiger partial charge in [-0.2, -0.15) is 0 Å². The molecule has 2 aromatic carbocycles. The van der Waals surface area contributed by atoms with Crippen molar-refractivity contribution in [3.63, 3.8) is 0 Å². The van der Waals surface area contributed by atoms with Gasteiger partial charge in [0.2, 0.25) is 0 Å². The SMILES string of the molecule is CN=C(NCCS(=O)(=O)c1ccccc1)NCc1ccc(C)cc1. The molecule has 2 rings (SSSR count). The summed E-state index contributed by atoms with van der Waals surface area (Å²) in [5.74, 6) is 0.598. The summed E-state index contributed by atoms with van der Waals surface area (Å²) in [5.41, 5.74) is 2.35. The second-order valence-electron chi connectivity index (χ2n) is 5.47. The van der Waals surface area contributed by atoms with Crippen molar-refractivity contribution in [2.75, 3.05) is 19.3 Å². The number of sulfone groups is 1. The smallest absolute Gasteiger partial charge is 0.191 e. The Morgan fingerprint density at radius 1 is 1.00 bits per heavy atom. The quantitative estimate of drug-likeness (QED) is 0.622. The summed E-state index contributed by atoms with van der Waals surface area (Å²) in [4.78, 5) is 4.45. The number of benzene rings is 2. The molecule has 2 aromatic rings. The second-order valence-corrected chi connectivity index (χ2v) is 7.58. The van der Waals surface area contributed by atoms with Crippen molar-refractivity contribution in [2.24, 2.45) is 4.99 Å². The Morgan fingerprint density at radius 2 is 1.67 bits per heavy atom. The summed E-state index contributed by atoms with van der Waals surface area (Å²) in [6.07, 6.45) is 0. The molecule has 0 aliphatic rings. The topological polar surface area (TPSA) is 70.6 Å². The van der Waals surface area contributed by atoms with Gasteiger partial charge in [-0.05, 0) is 24.6 Å². The van der Waals surface area contributed by atoms with Gasteiger partial charge in [0.05, 0.1) is 10.6 Å². The predicted molar refractivity (Wildman–Crippen MR) is 97.9 cm³/mol. The summed E-state index contributed by atoms with van der Waals surface area (Å²) >= 11 is 0. The minimum atomic E-state index is -3.28. The molecule has 2 N–H and O–H groups in total. The normalized spacial score (nSPS) is 12.0. The number of aryl methyl sites for hydroxylation is 1. The first kappa shape index (κ1) is 18.0. The summed E-state index contributed by atoms with van der Waals surface area (Å²) in [6.45, 7) is 2.97. The fourth-order valence-corrected chi connectivity index (χ4v) is 3.34. The molecule has 0 saturated heterocycles. The van der Waals surface area contributed by atoms with Gasteiger partial charge >= 0.3 is 0 Å². The van der Waals surface area contributed by atoms with Crippen LogP contribution in [-0.4, -0.2) is 33.7 Å². The zero-order valence-corrected chi connectivity index (χ0v) is 14.8. The molecule has 0 aliphatic heterocycles. The Labute approximate surface area is 143 Å². The Balaban J connectivity index is 1.82. The molecule has 0 fully saturated rings. The van der Waals surface area contributed by atoms with Crippen LogP contribution in [0.2, 0.25) is 0 Å². The number of nitrogens with one attached hydrogen (secondary N) is 2. The maximum atomic E-state index is 12.2. The number of rotatable bonds is 6. The van der Waals surface area contributed by atoms with Gasteiger partial charge in [0.15, 0.2) is 15.8 Å². The van der Waals surface area contributed by atoms with Crippen LogP contribution in [-0.2, 0) is 16.4 Å². The van der Waals surface area contributed by atoms with E-state index < -0.39 is 9.84 Å². The van der Waals surface area contributed by atoms with Crippen LogP contribution >= 0.6 is 0 Å². The lowest BCUT2D eigenvalue weighted by Crippen LogP contribution is -2.39. The minimum Gasteiger partial charge on any atom is -0.355 e. The van der Waals surface area contributed by atoms with E-state index in [0.29, 0.717) is 23.9 Å². The lowest BCUT2D eigenvalue weighted by atomic mass is 10.1. The summed E-state index contributed by atoms with van der Waals surface area (Å²) < 4.78 is 24.4. The van der Waals surface area contributed by atoms with E-state index in [1.807, 2.05) is 6.92 Å². The van der Waals surface area contributed by atoms with E-state index in [1.54, 1.807) is 37.4 Å². The molecule has 6 heteroatoms. The summed E-state index contributed by atoms with van der Waals surface area (Å²) in [6, 6.07) is 16.7. The number of nitrogens with zero attached hydrogens (tertiary/aromatic N) is 1. The van der Waals surface area contributed by atoms with E-state index in [9.17, 15) is 8.42 Å². The maximum absolute atomic E-state index is 12.2. The Morgan fingerprint density at radius 3 is 2.29 bits per heavy atom. The van der Waals surface area contributed by atoms with E-state index in [0.717, 1.165) is 5.56 Å². The van der Waals surface area contributed by atoms with Gasteiger partial charge in [-0.25, -0.2) is 8.42 Å². The standard InChI is InChI=1S/C18H23N3O2S/c1-15-8-10-16(11-9-15)14-21-18(19-2)20-12-13-24(22,23)17-6-4-3-5-7-17/h3-11H,12-14H2,1-2H3,(H2,19,20,21). The number of guanidine groups is 1. The molecule has 0 atom stereocenters. The van der Waals surface area contributed by atoms with Crippen LogP contribution in [0.15, 0.2) is 64.5 Å². The van der Waals surface area contributed by atoms with Crippen molar-refractivity contribution in [1.29, 1.82) is 0 Å². The Kier molecular flexibility index (Phi) is 6.37. The molecule has 0 aromatic heterocycles. The van der Waals surface area contributed by atoms with E-state index in [2.05, 4.69) is 39.9 Å². The Hall–Kier alpha value is -2.34. The lowest BCUT2D eigenvalue weighted by Gasteiger charge is -2.12. The third kappa shape index (κ3) is 5.38. The van der Waals surface area contributed by atoms with Crippen LogP contribution in [0.1, 0.15) is 11.1 Å². The molecule has 0 spiro atoms. The van der Waals surface area contributed by atoms with Crippen LogP contribution in [0.4, 0.5) is 0 Å². The third-order valence-corrected chi connectivity index (χ3v) is 5.30. The van der Waals surface area contributed by atoms with Crippen LogP contribution < -0.4 is 10.6 Å². The van der Waals surface area contributed by atoms with Gasteiger partial charge < -0.3 is 10.6 Å². The van der Waals surface area contributed by atoms with Crippen LogP contribution in [0.25, 0.3) is 0 Å². The number of aliphatic imine (C=N–C) groups is 1. The van der Waals surface area contributed by atoms with E-state index >= 15 is 0 Å². The maximum Gasteiger partial charge on any atom is 0.191 e. The lowest BCUT2D eigenvalue weighted by molar-refractivity contribution is 0.594. The van der Waals surface area contributed by atoms with Crippen LogP contribution in [0.3, 0.4) is 0 Å². The van der Waals surface area contributed by atoms with E-state index in [4.69, 9.17) is 0 Å². The number of hydrogen-bond acceptors (Lipinski definition) is 3. The van der Waals surface area contributed by atoms with Gasteiger partial charge in [0.25, 0.3) is 0 Å². The first-order valence-corrected chi connectivity index (χ1v) is 9.44. The molecule has 0 unspecified atom stereocenters.